The number of hydrogen-bond acceptors (Lipinski definition) is 5. The molecule has 1 aromatic carbocycles. The number of aryl methyl sites for hydroxylation is 1. The monoisotopic (exact) mass is 442 g/mol. The molecule has 0 aliphatic rings. The van der Waals surface area contributed by atoms with Crippen molar-refractivity contribution < 1.29 is 23.1 Å². The molecule has 0 fully saturated rings. The Labute approximate surface area is 181 Å². The molecule has 0 aromatic heterocycles. The molecule has 0 unspecified atom stereocenters. The van der Waals surface area contributed by atoms with E-state index in [1.54, 1.807) is 45.0 Å². The fraction of sp³-hybridized carbons (Fsp3) is 0.682. The molecule has 1 amide bonds. The van der Waals surface area contributed by atoms with Crippen LogP contribution in [-0.2, 0) is 14.8 Å². The predicted octanol–water partition coefficient (Wildman–Crippen LogP) is 3.70. The first kappa shape index (κ1) is 26.4. The number of aliphatic hydroxyl groups excluding tert-OH is 1. The highest BCUT2D eigenvalue weighted by Crippen LogP contribution is 2.23. The molecule has 8 heteroatoms. The third kappa shape index (κ3) is 9.02. The lowest BCUT2D eigenvalue weighted by molar-refractivity contribution is 0.0526. The lowest BCUT2D eigenvalue weighted by atomic mass is 10.1. The fourth-order valence-electron chi connectivity index (χ4n) is 2.98. The van der Waals surface area contributed by atoms with Gasteiger partial charge in [-0.1, -0.05) is 38.0 Å². The number of nitrogens with one attached hydrogen (secondary N) is 1. The van der Waals surface area contributed by atoms with Gasteiger partial charge in [-0.15, -0.1) is 0 Å². The van der Waals surface area contributed by atoms with Gasteiger partial charge in [-0.3, -0.25) is 0 Å². The number of unbranched alkanes of at least 4 members (excludes halogenated alkanes) is 1. The van der Waals surface area contributed by atoms with Crippen LogP contribution in [0.1, 0.15) is 59.4 Å². The van der Waals surface area contributed by atoms with Crippen molar-refractivity contribution in [2.45, 2.75) is 77.3 Å². The zero-order valence-corrected chi connectivity index (χ0v) is 20.0. The predicted molar refractivity (Wildman–Crippen MR) is 119 cm³/mol. The smallest absolute Gasteiger partial charge is 0.407 e. The molecule has 0 bridgehead atoms. The van der Waals surface area contributed by atoms with Crippen LogP contribution in [0, 0.1) is 12.8 Å². The van der Waals surface area contributed by atoms with Gasteiger partial charge in [0.15, 0.2) is 0 Å². The summed E-state index contributed by atoms with van der Waals surface area (Å²) in [6, 6.07) is 6.25. The number of amides is 1. The normalized spacial score (nSPS) is 13.5. The van der Waals surface area contributed by atoms with Gasteiger partial charge >= 0.3 is 6.09 Å². The molecule has 0 aliphatic carbocycles. The van der Waals surface area contributed by atoms with Crippen molar-refractivity contribution in [1.29, 1.82) is 0 Å². The van der Waals surface area contributed by atoms with Crippen molar-refractivity contribution in [3.8, 4) is 0 Å². The summed E-state index contributed by atoms with van der Waals surface area (Å²) in [6.07, 6.45) is 1.36. The van der Waals surface area contributed by atoms with E-state index in [1.807, 2.05) is 20.8 Å². The van der Waals surface area contributed by atoms with E-state index in [2.05, 4.69) is 5.32 Å². The first-order valence-corrected chi connectivity index (χ1v) is 12.0. The number of rotatable bonds is 11. The molecule has 7 nitrogen and oxygen atoms in total. The highest BCUT2D eigenvalue weighted by Gasteiger charge is 2.31. The second kappa shape index (κ2) is 11.7. The Morgan fingerprint density at radius 2 is 1.77 bits per heavy atom. The second-order valence-corrected chi connectivity index (χ2v) is 10.9. The zero-order valence-electron chi connectivity index (χ0n) is 19.1. The third-order valence-electron chi connectivity index (χ3n) is 4.42. The highest BCUT2D eigenvalue weighted by molar-refractivity contribution is 7.89. The molecule has 0 radical (unpaired) electrons. The summed E-state index contributed by atoms with van der Waals surface area (Å²) in [6.45, 7) is 11.7. The van der Waals surface area contributed by atoms with Gasteiger partial charge in [-0.05, 0) is 58.6 Å². The molecule has 0 saturated heterocycles. The van der Waals surface area contributed by atoms with Gasteiger partial charge in [0, 0.05) is 19.1 Å². The van der Waals surface area contributed by atoms with E-state index < -0.39 is 27.8 Å². The molecule has 1 atom stereocenters. The number of carbonyl (C=O) groups is 1. The maximum absolute atomic E-state index is 13.2. The van der Waals surface area contributed by atoms with Gasteiger partial charge < -0.3 is 15.2 Å². The molecule has 2 N–H and O–H groups in total. The SMILES string of the molecule is Cc1ccc(S(=O)(=O)N(CC(C)C)[C@H](CO)CCCCNC(=O)OC(C)(C)C)cc1. The van der Waals surface area contributed by atoms with Crippen LogP contribution in [0.3, 0.4) is 0 Å². The molecule has 0 heterocycles. The minimum Gasteiger partial charge on any atom is -0.444 e. The Morgan fingerprint density at radius 1 is 1.17 bits per heavy atom. The van der Waals surface area contributed by atoms with Crippen LogP contribution in [0.15, 0.2) is 29.2 Å². The molecule has 0 saturated carbocycles. The van der Waals surface area contributed by atoms with Crippen molar-refractivity contribution in [2.24, 2.45) is 5.92 Å². The van der Waals surface area contributed by atoms with Crippen LogP contribution in [0.5, 0.6) is 0 Å². The molecule has 0 aliphatic heterocycles. The van der Waals surface area contributed by atoms with Crippen molar-refractivity contribution >= 4 is 16.1 Å². The Kier molecular flexibility index (Phi) is 10.3. The number of ether oxygens (including phenoxy) is 1. The molecule has 172 valence electrons. The van der Waals surface area contributed by atoms with Gasteiger partial charge in [0.2, 0.25) is 10.0 Å². The Morgan fingerprint density at radius 3 is 2.27 bits per heavy atom. The summed E-state index contributed by atoms with van der Waals surface area (Å²) < 4.78 is 33.1. The van der Waals surface area contributed by atoms with Gasteiger partial charge in [0.05, 0.1) is 11.5 Å². The largest absolute Gasteiger partial charge is 0.444 e. The fourth-order valence-corrected chi connectivity index (χ4v) is 4.79. The third-order valence-corrected chi connectivity index (χ3v) is 6.36. The van der Waals surface area contributed by atoms with E-state index in [-0.39, 0.29) is 17.4 Å². The lowest BCUT2D eigenvalue weighted by Gasteiger charge is -2.31. The average molecular weight is 443 g/mol. The average Bonchev–Trinajstić information content (AvgIpc) is 2.62. The van der Waals surface area contributed by atoms with Crippen LogP contribution in [-0.4, -0.2) is 55.3 Å². The molecule has 30 heavy (non-hydrogen) atoms. The summed E-state index contributed by atoms with van der Waals surface area (Å²) in [4.78, 5) is 11.9. The number of nitrogens with zero attached hydrogens (tertiary/aromatic N) is 1. The quantitative estimate of drug-likeness (QED) is 0.510. The van der Waals surface area contributed by atoms with Crippen LogP contribution >= 0.6 is 0 Å². The Balaban J connectivity index is 2.74. The standard InChI is InChI=1S/C22H38N2O5S/c1-17(2)15-24(30(27,28)20-12-10-18(3)11-13-20)19(16-25)9-7-8-14-23-21(26)29-22(4,5)6/h10-13,17,19,25H,7-9,14-16H2,1-6H3,(H,23,26)/t19-/m0/s1. The number of alkyl carbamates (subject to hydrolysis) is 1. The van der Waals surface area contributed by atoms with Gasteiger partial charge in [0.1, 0.15) is 5.60 Å². The maximum atomic E-state index is 13.2. The first-order valence-electron chi connectivity index (χ1n) is 10.5. The minimum atomic E-state index is -3.72. The molecule has 1 rings (SSSR count). The minimum absolute atomic E-state index is 0.119. The topological polar surface area (TPSA) is 95.9 Å². The van der Waals surface area contributed by atoms with E-state index in [9.17, 15) is 18.3 Å². The van der Waals surface area contributed by atoms with Crippen LogP contribution in [0.2, 0.25) is 0 Å². The number of hydrogen-bond donors (Lipinski definition) is 2. The molecular weight excluding hydrogens is 404 g/mol. The summed E-state index contributed by atoms with van der Waals surface area (Å²) >= 11 is 0. The molecular formula is C22H38N2O5S. The Bertz CT molecular complexity index is 755. The van der Waals surface area contributed by atoms with E-state index in [1.165, 1.54) is 4.31 Å². The highest BCUT2D eigenvalue weighted by atomic mass is 32.2. The van der Waals surface area contributed by atoms with E-state index in [4.69, 9.17) is 4.74 Å². The van der Waals surface area contributed by atoms with E-state index in [0.717, 1.165) is 5.56 Å². The number of benzene rings is 1. The summed E-state index contributed by atoms with van der Waals surface area (Å²) in [5.41, 5.74) is 0.439. The first-order chi connectivity index (χ1) is 13.9. The van der Waals surface area contributed by atoms with Crippen molar-refractivity contribution in [2.75, 3.05) is 19.7 Å². The maximum Gasteiger partial charge on any atom is 0.407 e. The van der Waals surface area contributed by atoms with Crippen LogP contribution in [0.4, 0.5) is 4.79 Å². The van der Waals surface area contributed by atoms with E-state index >= 15 is 0 Å². The van der Waals surface area contributed by atoms with Gasteiger partial charge in [-0.2, -0.15) is 4.31 Å². The lowest BCUT2D eigenvalue weighted by Crippen LogP contribution is -2.44. The number of aliphatic hydroxyl groups is 1. The number of sulfonamides is 1. The van der Waals surface area contributed by atoms with Crippen LogP contribution in [0.25, 0.3) is 0 Å². The van der Waals surface area contributed by atoms with Gasteiger partial charge in [0.25, 0.3) is 0 Å². The van der Waals surface area contributed by atoms with E-state index in [0.29, 0.717) is 32.4 Å². The molecule has 1 aromatic rings. The van der Waals surface area contributed by atoms with Crippen molar-refractivity contribution in [3.63, 3.8) is 0 Å². The van der Waals surface area contributed by atoms with Crippen molar-refractivity contribution in [1.82, 2.24) is 9.62 Å². The second-order valence-electron chi connectivity index (χ2n) is 9.04. The van der Waals surface area contributed by atoms with Crippen LogP contribution < -0.4 is 5.32 Å². The zero-order chi connectivity index (χ0) is 22.9. The van der Waals surface area contributed by atoms with Crippen molar-refractivity contribution in [3.05, 3.63) is 29.8 Å². The number of carbonyl (C=O) groups excluding carboxylic acids is 1. The van der Waals surface area contributed by atoms with Gasteiger partial charge in [-0.25, -0.2) is 13.2 Å². The summed E-state index contributed by atoms with van der Waals surface area (Å²) in [5, 5.41) is 12.6. The molecule has 0 spiro atoms. The summed E-state index contributed by atoms with van der Waals surface area (Å²) in [5.74, 6) is 0.119. The summed E-state index contributed by atoms with van der Waals surface area (Å²) in [7, 11) is -3.72. The Hall–Kier alpha value is -1.64.